The number of aliphatic hydroxyl groups excluding tert-OH is 2. The minimum absolute atomic E-state index is 1.06. The number of aliphatic hydroxyl groups is 2. The van der Waals surface area contributed by atoms with Gasteiger partial charge in [-0.1, -0.05) is 0 Å². The Morgan fingerprint density at radius 1 is 1.00 bits per heavy atom. The van der Waals surface area contributed by atoms with Crippen LogP contribution >= 0.6 is 0 Å². The van der Waals surface area contributed by atoms with Crippen molar-refractivity contribution in [3.63, 3.8) is 0 Å². The quantitative estimate of drug-likeness (QED) is 0.507. The van der Waals surface area contributed by atoms with Crippen LogP contribution in [0.25, 0.3) is 0 Å². The van der Waals surface area contributed by atoms with Gasteiger partial charge in [-0.15, -0.1) is 0 Å². The summed E-state index contributed by atoms with van der Waals surface area (Å²) in [6, 6.07) is 0. The summed E-state index contributed by atoms with van der Waals surface area (Å²) in [5.41, 5.74) is 0. The minimum atomic E-state index is -1.44. The van der Waals surface area contributed by atoms with Crippen molar-refractivity contribution in [1.82, 2.24) is 0 Å². The van der Waals surface area contributed by atoms with Gasteiger partial charge >= 0.3 is 21.0 Å². The summed E-state index contributed by atoms with van der Waals surface area (Å²) in [4.78, 5) is 18.7. The molecule has 0 aromatic carbocycles. The van der Waals surface area contributed by atoms with E-state index in [0.29, 0.717) is 0 Å². The number of hydrogen-bond acceptors (Lipinski definition) is 7. The number of rotatable bonds is 2. The summed E-state index contributed by atoms with van der Waals surface area (Å²) in [5.74, 6) is -2.87. The molecule has 0 saturated heterocycles. The normalized spacial score (nSPS) is 12.1. The molecule has 0 aromatic rings. The Labute approximate surface area is 89.6 Å². The molecule has 81 valence electrons. The Hall–Kier alpha value is -0.756. The Morgan fingerprint density at radius 2 is 1.07 bits per heavy atom. The van der Waals surface area contributed by atoms with Gasteiger partial charge in [0, 0.05) is 0 Å². The summed E-state index contributed by atoms with van der Waals surface area (Å²) in [5, 5.41) is 34.6. The van der Waals surface area contributed by atoms with Crippen LogP contribution in [0.4, 0.5) is 0 Å². The molecular weight excluding hydrogens is 235 g/mol. The van der Waals surface area contributed by atoms with Crippen molar-refractivity contribution in [2.75, 3.05) is 0 Å². The van der Waals surface area contributed by atoms with Crippen molar-refractivity contribution >= 4 is 11.9 Å². The van der Waals surface area contributed by atoms with Gasteiger partial charge in [0.25, 0.3) is 0 Å². The van der Waals surface area contributed by atoms with Crippen LogP contribution in [-0.2, 0) is 30.6 Å². The third kappa shape index (κ3) is 22.5. The van der Waals surface area contributed by atoms with Crippen LogP contribution in [-0.4, -0.2) is 34.4 Å². The summed E-state index contributed by atoms with van der Waals surface area (Å²) in [7, 11) is 0. The zero-order valence-electron chi connectivity index (χ0n) is 7.54. The van der Waals surface area contributed by atoms with Gasteiger partial charge in [0.05, 0.1) is 24.1 Å². The van der Waals surface area contributed by atoms with Crippen molar-refractivity contribution in [3.8, 4) is 0 Å². The van der Waals surface area contributed by atoms with E-state index in [1.165, 1.54) is 0 Å². The molecule has 0 heterocycles. The van der Waals surface area contributed by atoms with Crippen LogP contribution < -0.4 is 10.2 Å². The second-order valence-corrected chi connectivity index (χ2v) is 1.99. The van der Waals surface area contributed by atoms with Crippen molar-refractivity contribution < 1.29 is 51.1 Å². The molecule has 0 aliphatic heterocycles. The van der Waals surface area contributed by atoms with Gasteiger partial charge in [0.1, 0.15) is 0 Å². The van der Waals surface area contributed by atoms with E-state index in [0.717, 1.165) is 31.2 Å². The first kappa shape index (κ1) is 18.9. The molecule has 0 aliphatic rings. The second kappa shape index (κ2) is 12.2. The van der Waals surface area contributed by atoms with Crippen LogP contribution in [0.2, 0.25) is 0 Å². The third-order valence-corrected chi connectivity index (χ3v) is 0.682. The molecule has 0 amide bonds. The van der Waals surface area contributed by atoms with Crippen LogP contribution in [0.3, 0.4) is 0 Å². The van der Waals surface area contributed by atoms with Gasteiger partial charge in [0.15, 0.2) is 0 Å². The number of carboxylic acids is 2. The monoisotopic (exact) mass is 245 g/mol. The first-order chi connectivity index (χ1) is 6.29. The van der Waals surface area contributed by atoms with Crippen molar-refractivity contribution in [1.29, 1.82) is 0 Å². The van der Waals surface area contributed by atoms with Crippen molar-refractivity contribution in [3.05, 3.63) is 0 Å². The Morgan fingerprint density at radius 3 is 1.07 bits per heavy atom. The van der Waals surface area contributed by atoms with E-state index in [4.69, 9.17) is 13.9 Å². The summed E-state index contributed by atoms with van der Waals surface area (Å²) in [6.45, 7) is 2.27. The van der Waals surface area contributed by atoms with E-state index in [1.54, 1.807) is 0 Å². The molecule has 2 N–H and O–H groups in total. The molecular formula is C6H10O7V. The predicted octanol–water partition coefficient (Wildman–Crippen LogP) is -3.89. The van der Waals surface area contributed by atoms with Crippen molar-refractivity contribution in [2.45, 2.75) is 26.1 Å². The summed E-state index contributed by atoms with van der Waals surface area (Å²) < 4.78 is 8.19. The molecule has 0 rings (SSSR count). The van der Waals surface area contributed by atoms with Gasteiger partial charge in [-0.2, -0.15) is 0 Å². The standard InChI is InChI=1S/2C3H6O3.O.V/c2*1-2(4)3(5)6;;/h2*2,4H,1H3,(H,5,6);;/q;;;+2/p-2. The maximum absolute atomic E-state index is 9.34. The average Bonchev–Trinajstić information content (AvgIpc) is 2.08. The van der Waals surface area contributed by atoms with Gasteiger partial charge in [-0.25, -0.2) is 0 Å². The third-order valence-electron chi connectivity index (χ3n) is 0.682. The zero-order valence-corrected chi connectivity index (χ0v) is 8.93. The van der Waals surface area contributed by atoms with E-state index in [9.17, 15) is 19.8 Å². The van der Waals surface area contributed by atoms with Crippen LogP contribution in [0.15, 0.2) is 0 Å². The maximum atomic E-state index is 9.34. The van der Waals surface area contributed by atoms with Gasteiger partial charge < -0.3 is 30.0 Å². The molecule has 0 fully saturated rings. The average molecular weight is 245 g/mol. The van der Waals surface area contributed by atoms with Crippen molar-refractivity contribution in [2.24, 2.45) is 0 Å². The van der Waals surface area contributed by atoms with E-state index in [1.807, 2.05) is 0 Å². The fourth-order valence-corrected chi connectivity index (χ4v) is 0. The molecule has 0 radical (unpaired) electrons. The zero-order chi connectivity index (χ0) is 12.3. The van der Waals surface area contributed by atoms with E-state index in [-0.39, 0.29) is 0 Å². The molecule has 2 atom stereocenters. The number of carboxylic acid groups (broad SMARTS) is 2. The summed E-state index contributed by atoms with van der Waals surface area (Å²) >= 11 is 1.06. The number of carbonyl (C=O) groups is 2. The predicted molar refractivity (Wildman–Crippen MR) is 34.1 cm³/mol. The van der Waals surface area contributed by atoms with E-state index >= 15 is 0 Å². The van der Waals surface area contributed by atoms with Crippen LogP contribution in [0.1, 0.15) is 13.8 Å². The summed E-state index contributed by atoms with van der Waals surface area (Å²) in [6.07, 6.45) is -2.69. The van der Waals surface area contributed by atoms with Gasteiger partial charge in [0.2, 0.25) is 0 Å². The molecule has 0 bridgehead atoms. The number of hydrogen-bond donors (Lipinski definition) is 2. The first-order valence-electron chi connectivity index (χ1n) is 3.25. The van der Waals surface area contributed by atoms with E-state index in [2.05, 4.69) is 0 Å². The molecule has 14 heavy (non-hydrogen) atoms. The fourth-order valence-electron chi connectivity index (χ4n) is 0. The molecule has 2 unspecified atom stereocenters. The topological polar surface area (TPSA) is 138 Å². The Kier molecular flexibility index (Phi) is 16.5. The Bertz CT molecular complexity index is 150. The van der Waals surface area contributed by atoms with Crippen LogP contribution in [0.5, 0.6) is 0 Å². The molecule has 0 spiro atoms. The van der Waals surface area contributed by atoms with Crippen LogP contribution in [0, 0.1) is 0 Å². The SMILES string of the molecule is CC(O)C(=O)[O-].CC(O)C(=O)[O-].[O]=[V+2]. The Balaban J connectivity index is -0.000000147. The van der Waals surface area contributed by atoms with Gasteiger partial charge in [-0.05, 0) is 13.8 Å². The molecule has 0 saturated carbocycles. The second-order valence-electron chi connectivity index (χ2n) is 1.99. The first-order valence-corrected chi connectivity index (χ1v) is 3.82. The van der Waals surface area contributed by atoms with Gasteiger partial charge in [-0.3, -0.25) is 0 Å². The molecule has 0 aliphatic carbocycles. The molecule has 7 nitrogen and oxygen atoms in total. The molecule has 8 heteroatoms. The number of carbonyl (C=O) groups excluding carboxylic acids is 2. The number of aliphatic carboxylic acids is 2. The molecule has 0 aromatic heterocycles. The fraction of sp³-hybridized carbons (Fsp3) is 0.667. The van der Waals surface area contributed by atoms with E-state index < -0.39 is 24.1 Å².